The molecule has 2 saturated carbocycles. The van der Waals surface area contributed by atoms with E-state index in [4.69, 9.17) is 5.73 Å². The summed E-state index contributed by atoms with van der Waals surface area (Å²) in [7, 11) is 0. The highest BCUT2D eigenvalue weighted by Crippen LogP contribution is 2.45. The molecular formula is C15H20BrN. The Morgan fingerprint density at radius 3 is 2.41 bits per heavy atom. The summed E-state index contributed by atoms with van der Waals surface area (Å²) in [5.74, 6) is 0.764. The molecule has 1 aromatic carbocycles. The van der Waals surface area contributed by atoms with Crippen LogP contribution in [0.4, 0.5) is 0 Å². The van der Waals surface area contributed by atoms with Crippen molar-refractivity contribution in [1.29, 1.82) is 0 Å². The Morgan fingerprint density at radius 1 is 1.12 bits per heavy atom. The molecule has 2 fully saturated rings. The lowest BCUT2D eigenvalue weighted by atomic mass is 9.83. The molecule has 0 amide bonds. The molecule has 1 aromatic rings. The van der Waals surface area contributed by atoms with Gasteiger partial charge in [0.25, 0.3) is 0 Å². The van der Waals surface area contributed by atoms with E-state index in [2.05, 4.69) is 34.1 Å². The molecule has 2 aliphatic carbocycles. The molecule has 3 rings (SSSR count). The molecule has 92 valence electrons. The molecule has 0 bridgehead atoms. The van der Waals surface area contributed by atoms with Gasteiger partial charge in [0.15, 0.2) is 0 Å². The molecule has 2 N–H and O–H groups in total. The molecule has 0 atom stereocenters. The van der Waals surface area contributed by atoms with Crippen LogP contribution in [0.25, 0.3) is 0 Å². The van der Waals surface area contributed by atoms with Crippen molar-refractivity contribution in [3.63, 3.8) is 0 Å². The second-order valence-electron chi connectivity index (χ2n) is 5.73. The Balaban J connectivity index is 1.85. The molecule has 17 heavy (non-hydrogen) atoms. The third-order valence-corrected chi connectivity index (χ3v) is 5.10. The fourth-order valence-corrected chi connectivity index (χ4v) is 3.71. The molecule has 0 radical (unpaired) electrons. The van der Waals surface area contributed by atoms with Crippen molar-refractivity contribution in [2.24, 2.45) is 5.73 Å². The number of benzene rings is 1. The summed E-state index contributed by atoms with van der Waals surface area (Å²) in [6.45, 7) is 0. The SMILES string of the molecule is NC1(c2ccc(C3CCCCC3)c(Br)c2)CC1. The minimum absolute atomic E-state index is 0.00633. The largest absolute Gasteiger partial charge is 0.321 e. The lowest BCUT2D eigenvalue weighted by Crippen LogP contribution is -2.18. The first-order valence-electron chi connectivity index (χ1n) is 6.78. The first-order valence-corrected chi connectivity index (χ1v) is 7.57. The number of nitrogens with two attached hydrogens (primary N) is 1. The van der Waals surface area contributed by atoms with Gasteiger partial charge in [-0.15, -0.1) is 0 Å². The van der Waals surface area contributed by atoms with Crippen molar-refractivity contribution in [3.8, 4) is 0 Å². The molecule has 0 saturated heterocycles. The summed E-state index contributed by atoms with van der Waals surface area (Å²) in [6.07, 6.45) is 9.18. The maximum Gasteiger partial charge on any atom is 0.0411 e. The molecule has 0 heterocycles. The minimum atomic E-state index is -0.00633. The van der Waals surface area contributed by atoms with Gasteiger partial charge in [-0.3, -0.25) is 0 Å². The van der Waals surface area contributed by atoms with Crippen LogP contribution in [0.3, 0.4) is 0 Å². The Labute approximate surface area is 112 Å². The van der Waals surface area contributed by atoms with E-state index >= 15 is 0 Å². The zero-order valence-electron chi connectivity index (χ0n) is 10.2. The van der Waals surface area contributed by atoms with Gasteiger partial charge in [-0.05, 0) is 48.8 Å². The van der Waals surface area contributed by atoms with E-state index < -0.39 is 0 Å². The van der Waals surface area contributed by atoms with Crippen LogP contribution in [0, 0.1) is 0 Å². The molecular weight excluding hydrogens is 274 g/mol. The van der Waals surface area contributed by atoms with Gasteiger partial charge in [-0.2, -0.15) is 0 Å². The second kappa shape index (κ2) is 4.40. The number of rotatable bonds is 2. The smallest absolute Gasteiger partial charge is 0.0411 e. The van der Waals surface area contributed by atoms with E-state index in [9.17, 15) is 0 Å². The number of hydrogen-bond acceptors (Lipinski definition) is 1. The summed E-state index contributed by atoms with van der Waals surface area (Å²) >= 11 is 3.75. The quantitative estimate of drug-likeness (QED) is 0.857. The van der Waals surface area contributed by atoms with Gasteiger partial charge >= 0.3 is 0 Å². The van der Waals surface area contributed by atoms with Crippen molar-refractivity contribution >= 4 is 15.9 Å². The third kappa shape index (κ3) is 2.30. The molecule has 1 nitrogen and oxygen atoms in total. The maximum absolute atomic E-state index is 6.24. The van der Waals surface area contributed by atoms with E-state index in [0.29, 0.717) is 0 Å². The zero-order chi connectivity index (χ0) is 11.9. The van der Waals surface area contributed by atoms with Gasteiger partial charge in [0.2, 0.25) is 0 Å². The van der Waals surface area contributed by atoms with Gasteiger partial charge in [-0.25, -0.2) is 0 Å². The molecule has 0 unspecified atom stereocenters. The highest BCUT2D eigenvalue weighted by Gasteiger charge is 2.40. The number of halogens is 1. The Kier molecular flexibility index (Phi) is 3.04. The first-order chi connectivity index (χ1) is 8.19. The summed E-state index contributed by atoms with van der Waals surface area (Å²) < 4.78 is 1.28. The molecule has 0 aliphatic heterocycles. The van der Waals surface area contributed by atoms with Crippen LogP contribution in [0.1, 0.15) is 62.0 Å². The summed E-state index contributed by atoms with van der Waals surface area (Å²) in [5, 5.41) is 0. The highest BCUT2D eigenvalue weighted by molar-refractivity contribution is 9.10. The van der Waals surface area contributed by atoms with Crippen LogP contribution in [0.15, 0.2) is 22.7 Å². The van der Waals surface area contributed by atoms with Crippen LogP contribution in [0.2, 0.25) is 0 Å². The van der Waals surface area contributed by atoms with Crippen molar-refractivity contribution in [2.75, 3.05) is 0 Å². The predicted molar refractivity (Wildman–Crippen MR) is 75.1 cm³/mol. The van der Waals surface area contributed by atoms with Crippen LogP contribution in [0.5, 0.6) is 0 Å². The second-order valence-corrected chi connectivity index (χ2v) is 6.58. The third-order valence-electron chi connectivity index (χ3n) is 4.41. The Bertz CT molecular complexity index is 417. The summed E-state index contributed by atoms with van der Waals surface area (Å²) in [5.41, 5.74) is 9.05. The van der Waals surface area contributed by atoms with Crippen molar-refractivity contribution in [3.05, 3.63) is 33.8 Å². The van der Waals surface area contributed by atoms with E-state index in [-0.39, 0.29) is 5.54 Å². The molecule has 0 spiro atoms. The maximum atomic E-state index is 6.24. The van der Waals surface area contributed by atoms with E-state index in [1.165, 1.54) is 47.7 Å². The van der Waals surface area contributed by atoms with Crippen LogP contribution >= 0.6 is 15.9 Å². The fraction of sp³-hybridized carbons (Fsp3) is 0.600. The standard InChI is InChI=1S/C15H20BrN/c16-14-10-12(15(17)8-9-15)6-7-13(14)11-4-2-1-3-5-11/h6-7,10-11H,1-5,8-9,17H2. The lowest BCUT2D eigenvalue weighted by molar-refractivity contribution is 0.442. The average Bonchev–Trinajstić information content (AvgIpc) is 3.10. The highest BCUT2D eigenvalue weighted by atomic mass is 79.9. The van der Waals surface area contributed by atoms with Gasteiger partial charge < -0.3 is 5.73 Å². The van der Waals surface area contributed by atoms with Gasteiger partial charge in [0.1, 0.15) is 0 Å². The van der Waals surface area contributed by atoms with Crippen LogP contribution < -0.4 is 5.73 Å². The zero-order valence-corrected chi connectivity index (χ0v) is 11.8. The predicted octanol–water partition coefficient (Wildman–Crippen LogP) is 4.44. The minimum Gasteiger partial charge on any atom is -0.321 e. The van der Waals surface area contributed by atoms with E-state index in [1.54, 1.807) is 0 Å². The lowest BCUT2D eigenvalue weighted by Gasteiger charge is -2.24. The molecule has 2 aliphatic rings. The van der Waals surface area contributed by atoms with E-state index in [0.717, 1.165) is 18.8 Å². The van der Waals surface area contributed by atoms with Gasteiger partial charge in [0, 0.05) is 10.0 Å². The van der Waals surface area contributed by atoms with Gasteiger partial charge in [0.05, 0.1) is 0 Å². The van der Waals surface area contributed by atoms with Crippen molar-refractivity contribution < 1.29 is 0 Å². The summed E-state index contributed by atoms with van der Waals surface area (Å²) in [6, 6.07) is 6.82. The van der Waals surface area contributed by atoms with Gasteiger partial charge in [-0.1, -0.05) is 47.3 Å². The molecule has 2 heteroatoms. The van der Waals surface area contributed by atoms with Crippen LogP contribution in [-0.2, 0) is 5.54 Å². The topological polar surface area (TPSA) is 26.0 Å². The fourth-order valence-electron chi connectivity index (χ4n) is 3.00. The van der Waals surface area contributed by atoms with Crippen molar-refractivity contribution in [1.82, 2.24) is 0 Å². The Morgan fingerprint density at radius 2 is 1.82 bits per heavy atom. The summed E-state index contributed by atoms with van der Waals surface area (Å²) in [4.78, 5) is 0. The average molecular weight is 294 g/mol. The number of hydrogen-bond donors (Lipinski definition) is 1. The normalized spacial score (nSPS) is 23.6. The van der Waals surface area contributed by atoms with Crippen molar-refractivity contribution in [2.45, 2.75) is 56.4 Å². The van der Waals surface area contributed by atoms with Crippen LogP contribution in [-0.4, -0.2) is 0 Å². The first kappa shape index (κ1) is 11.7. The van der Waals surface area contributed by atoms with E-state index in [1.807, 2.05) is 0 Å². The molecule has 0 aromatic heterocycles. The monoisotopic (exact) mass is 293 g/mol. The Hall–Kier alpha value is -0.340.